The fourth-order valence-corrected chi connectivity index (χ4v) is 2.26. The number of rotatable bonds is 9. The van der Waals surface area contributed by atoms with Gasteiger partial charge in [-0.25, -0.2) is 0 Å². The van der Waals surface area contributed by atoms with Crippen molar-refractivity contribution in [3.8, 4) is 5.75 Å². The molecular weight excluding hydrogens is 266 g/mol. The molecule has 21 heavy (non-hydrogen) atoms. The number of amides is 1. The molecule has 0 bridgehead atoms. The first-order valence-electron chi connectivity index (χ1n) is 7.72. The second-order valence-electron chi connectivity index (χ2n) is 5.57. The molecule has 0 spiro atoms. The predicted octanol–water partition coefficient (Wildman–Crippen LogP) is 3.00. The van der Waals surface area contributed by atoms with Crippen molar-refractivity contribution in [2.75, 3.05) is 13.2 Å². The SMILES string of the molecule is CCCC(CCO)CNC(=O)c1cccc(OC(C)C)c1. The van der Waals surface area contributed by atoms with Crippen molar-refractivity contribution in [3.63, 3.8) is 0 Å². The molecule has 118 valence electrons. The molecule has 0 aliphatic rings. The molecule has 1 aromatic carbocycles. The highest BCUT2D eigenvalue weighted by Gasteiger charge is 2.11. The van der Waals surface area contributed by atoms with Crippen LogP contribution in [0.5, 0.6) is 5.75 Å². The van der Waals surface area contributed by atoms with Crippen LogP contribution in [-0.4, -0.2) is 30.3 Å². The maximum Gasteiger partial charge on any atom is 0.251 e. The van der Waals surface area contributed by atoms with E-state index in [1.54, 1.807) is 12.1 Å². The predicted molar refractivity (Wildman–Crippen MR) is 84.6 cm³/mol. The lowest BCUT2D eigenvalue weighted by atomic mass is 10.00. The quantitative estimate of drug-likeness (QED) is 0.736. The number of nitrogens with one attached hydrogen (secondary N) is 1. The summed E-state index contributed by atoms with van der Waals surface area (Å²) in [6.45, 7) is 6.79. The highest BCUT2D eigenvalue weighted by atomic mass is 16.5. The average molecular weight is 293 g/mol. The summed E-state index contributed by atoms with van der Waals surface area (Å²) in [6.07, 6.45) is 2.88. The third kappa shape index (κ3) is 6.63. The highest BCUT2D eigenvalue weighted by molar-refractivity contribution is 5.94. The number of aliphatic hydroxyl groups excluding tert-OH is 1. The third-order valence-corrected chi connectivity index (χ3v) is 3.25. The zero-order valence-corrected chi connectivity index (χ0v) is 13.3. The third-order valence-electron chi connectivity index (χ3n) is 3.25. The summed E-state index contributed by atoms with van der Waals surface area (Å²) in [5, 5.41) is 12.0. The van der Waals surface area contributed by atoms with E-state index in [9.17, 15) is 4.79 Å². The molecule has 0 aliphatic carbocycles. The zero-order chi connectivity index (χ0) is 15.7. The molecule has 1 amide bonds. The summed E-state index contributed by atoms with van der Waals surface area (Å²) < 4.78 is 5.59. The van der Waals surface area contributed by atoms with Crippen molar-refractivity contribution in [1.29, 1.82) is 0 Å². The van der Waals surface area contributed by atoms with E-state index in [-0.39, 0.29) is 18.6 Å². The monoisotopic (exact) mass is 293 g/mol. The Labute approximate surface area is 127 Å². The minimum atomic E-state index is -0.0942. The lowest BCUT2D eigenvalue weighted by Gasteiger charge is -2.16. The van der Waals surface area contributed by atoms with Crippen LogP contribution in [0.25, 0.3) is 0 Å². The normalized spacial score (nSPS) is 12.2. The highest BCUT2D eigenvalue weighted by Crippen LogP contribution is 2.15. The van der Waals surface area contributed by atoms with E-state index in [0.717, 1.165) is 19.3 Å². The van der Waals surface area contributed by atoms with Gasteiger partial charge >= 0.3 is 0 Å². The Hall–Kier alpha value is -1.55. The van der Waals surface area contributed by atoms with Crippen molar-refractivity contribution >= 4 is 5.91 Å². The number of hydrogen-bond acceptors (Lipinski definition) is 3. The summed E-state index contributed by atoms with van der Waals surface area (Å²) in [4.78, 5) is 12.2. The molecule has 0 aliphatic heterocycles. The van der Waals surface area contributed by atoms with Gasteiger partial charge in [0.15, 0.2) is 0 Å². The summed E-state index contributed by atoms with van der Waals surface area (Å²) in [5.41, 5.74) is 0.604. The van der Waals surface area contributed by atoms with E-state index >= 15 is 0 Å². The zero-order valence-electron chi connectivity index (χ0n) is 13.3. The van der Waals surface area contributed by atoms with Crippen LogP contribution in [0.3, 0.4) is 0 Å². The van der Waals surface area contributed by atoms with E-state index in [0.29, 0.717) is 23.8 Å². The molecule has 0 aromatic heterocycles. The van der Waals surface area contributed by atoms with Gasteiger partial charge in [0, 0.05) is 18.7 Å². The first kappa shape index (κ1) is 17.5. The Balaban J connectivity index is 2.58. The molecule has 1 rings (SSSR count). The average Bonchev–Trinajstić information content (AvgIpc) is 2.44. The van der Waals surface area contributed by atoms with Crippen LogP contribution in [0.15, 0.2) is 24.3 Å². The van der Waals surface area contributed by atoms with Gasteiger partial charge in [0.2, 0.25) is 0 Å². The molecular formula is C17H27NO3. The van der Waals surface area contributed by atoms with Gasteiger partial charge in [-0.05, 0) is 50.8 Å². The van der Waals surface area contributed by atoms with E-state index < -0.39 is 0 Å². The number of benzene rings is 1. The van der Waals surface area contributed by atoms with Crippen molar-refractivity contribution < 1.29 is 14.6 Å². The van der Waals surface area contributed by atoms with Gasteiger partial charge in [0.05, 0.1) is 6.10 Å². The van der Waals surface area contributed by atoms with Crippen LogP contribution >= 0.6 is 0 Å². The molecule has 0 saturated heterocycles. The first-order valence-corrected chi connectivity index (χ1v) is 7.72. The molecule has 1 atom stereocenters. The molecule has 0 saturated carbocycles. The van der Waals surface area contributed by atoms with Gasteiger partial charge in [-0.15, -0.1) is 0 Å². The summed E-state index contributed by atoms with van der Waals surface area (Å²) >= 11 is 0. The molecule has 0 fully saturated rings. The van der Waals surface area contributed by atoms with Gasteiger partial charge in [-0.3, -0.25) is 4.79 Å². The maximum absolute atomic E-state index is 12.2. The lowest BCUT2D eigenvalue weighted by Crippen LogP contribution is -2.29. The largest absolute Gasteiger partial charge is 0.491 e. The van der Waals surface area contributed by atoms with Crippen molar-refractivity contribution in [3.05, 3.63) is 29.8 Å². The Morgan fingerprint density at radius 2 is 2.10 bits per heavy atom. The van der Waals surface area contributed by atoms with Gasteiger partial charge < -0.3 is 15.2 Å². The van der Waals surface area contributed by atoms with Gasteiger partial charge in [-0.2, -0.15) is 0 Å². The Kier molecular flexibility index (Phi) is 7.83. The van der Waals surface area contributed by atoms with Crippen LogP contribution < -0.4 is 10.1 Å². The molecule has 4 nitrogen and oxygen atoms in total. The van der Waals surface area contributed by atoms with Gasteiger partial charge in [0.25, 0.3) is 5.91 Å². The van der Waals surface area contributed by atoms with Crippen LogP contribution in [0, 0.1) is 5.92 Å². The van der Waals surface area contributed by atoms with Crippen molar-refractivity contribution in [2.24, 2.45) is 5.92 Å². The fraction of sp³-hybridized carbons (Fsp3) is 0.588. The lowest BCUT2D eigenvalue weighted by molar-refractivity contribution is 0.0942. The van der Waals surface area contributed by atoms with Crippen LogP contribution in [0.4, 0.5) is 0 Å². The Morgan fingerprint density at radius 3 is 2.71 bits per heavy atom. The summed E-state index contributed by atoms with van der Waals surface area (Å²) in [7, 11) is 0. The minimum absolute atomic E-state index is 0.0850. The minimum Gasteiger partial charge on any atom is -0.491 e. The Morgan fingerprint density at radius 1 is 1.33 bits per heavy atom. The smallest absolute Gasteiger partial charge is 0.251 e. The second kappa shape index (κ2) is 9.40. The molecule has 2 N–H and O–H groups in total. The second-order valence-corrected chi connectivity index (χ2v) is 5.57. The van der Waals surface area contributed by atoms with Crippen LogP contribution in [0.2, 0.25) is 0 Å². The van der Waals surface area contributed by atoms with E-state index in [1.807, 2.05) is 26.0 Å². The standard InChI is InChI=1S/C17H27NO3/c1-4-6-14(9-10-19)12-18-17(20)15-7-5-8-16(11-15)21-13(2)3/h5,7-8,11,13-14,19H,4,6,9-10,12H2,1-3H3,(H,18,20). The molecule has 0 heterocycles. The number of aliphatic hydroxyl groups is 1. The number of hydrogen-bond donors (Lipinski definition) is 2. The topological polar surface area (TPSA) is 58.6 Å². The Bertz CT molecular complexity index is 426. The number of carbonyl (C=O) groups excluding carboxylic acids is 1. The molecule has 4 heteroatoms. The van der Waals surface area contributed by atoms with Crippen LogP contribution in [0.1, 0.15) is 50.4 Å². The van der Waals surface area contributed by atoms with Crippen molar-refractivity contribution in [2.45, 2.75) is 46.1 Å². The van der Waals surface area contributed by atoms with Crippen molar-refractivity contribution in [1.82, 2.24) is 5.32 Å². The van der Waals surface area contributed by atoms with Crippen LogP contribution in [-0.2, 0) is 0 Å². The summed E-state index contributed by atoms with van der Waals surface area (Å²) in [6, 6.07) is 7.21. The van der Waals surface area contributed by atoms with E-state index in [4.69, 9.17) is 9.84 Å². The van der Waals surface area contributed by atoms with E-state index in [1.165, 1.54) is 0 Å². The number of ether oxygens (including phenoxy) is 1. The summed E-state index contributed by atoms with van der Waals surface area (Å²) in [5.74, 6) is 0.945. The van der Waals surface area contributed by atoms with Gasteiger partial charge in [0.1, 0.15) is 5.75 Å². The van der Waals surface area contributed by atoms with E-state index in [2.05, 4.69) is 12.2 Å². The molecule has 1 aromatic rings. The van der Waals surface area contributed by atoms with Gasteiger partial charge in [-0.1, -0.05) is 19.4 Å². The first-order chi connectivity index (χ1) is 10.1. The molecule has 0 radical (unpaired) electrons. The number of carbonyl (C=O) groups is 1. The molecule has 1 unspecified atom stereocenters. The maximum atomic E-state index is 12.2. The fourth-order valence-electron chi connectivity index (χ4n) is 2.26.